The quantitative estimate of drug-likeness (QED) is 0.698. The smallest absolute Gasteiger partial charge is 0.0705 e. The highest BCUT2D eigenvalue weighted by molar-refractivity contribution is 9.10. The van der Waals surface area contributed by atoms with Crippen molar-refractivity contribution in [2.75, 3.05) is 6.54 Å². The van der Waals surface area contributed by atoms with Crippen molar-refractivity contribution in [1.82, 2.24) is 14.9 Å². The molecule has 2 aromatic heterocycles. The van der Waals surface area contributed by atoms with Gasteiger partial charge in [-0.25, -0.2) is 0 Å². The molecule has 3 heterocycles. The SMILES string of the molecule is Brc1ccnc2c1CCN(Cc1ccc3cccnc3c1)C2. The number of benzene rings is 1. The van der Waals surface area contributed by atoms with E-state index in [-0.39, 0.29) is 0 Å². The van der Waals surface area contributed by atoms with E-state index in [1.165, 1.54) is 26.7 Å². The van der Waals surface area contributed by atoms with Gasteiger partial charge in [-0.3, -0.25) is 14.9 Å². The maximum Gasteiger partial charge on any atom is 0.0705 e. The van der Waals surface area contributed by atoms with E-state index >= 15 is 0 Å². The van der Waals surface area contributed by atoms with Crippen molar-refractivity contribution in [3.63, 3.8) is 0 Å². The van der Waals surface area contributed by atoms with Crippen LogP contribution in [-0.2, 0) is 19.5 Å². The first kappa shape index (κ1) is 13.9. The van der Waals surface area contributed by atoms with E-state index in [0.29, 0.717) is 0 Å². The fraction of sp³-hybridized carbons (Fsp3) is 0.222. The molecule has 0 bridgehead atoms. The van der Waals surface area contributed by atoms with Crippen LogP contribution in [0.3, 0.4) is 0 Å². The number of pyridine rings is 2. The Morgan fingerprint density at radius 3 is 3.00 bits per heavy atom. The summed E-state index contributed by atoms with van der Waals surface area (Å²) in [7, 11) is 0. The molecule has 1 aromatic carbocycles. The Morgan fingerprint density at radius 1 is 1.09 bits per heavy atom. The van der Waals surface area contributed by atoms with Crippen LogP contribution in [0.5, 0.6) is 0 Å². The van der Waals surface area contributed by atoms with Crippen LogP contribution in [0.4, 0.5) is 0 Å². The zero-order valence-electron chi connectivity index (χ0n) is 12.2. The molecule has 0 atom stereocenters. The van der Waals surface area contributed by atoms with Crippen LogP contribution >= 0.6 is 15.9 Å². The molecular weight excluding hydrogens is 338 g/mol. The molecule has 4 rings (SSSR count). The fourth-order valence-electron chi connectivity index (χ4n) is 3.07. The molecule has 0 aliphatic carbocycles. The van der Waals surface area contributed by atoms with E-state index in [1.807, 2.05) is 24.5 Å². The van der Waals surface area contributed by atoms with E-state index in [2.05, 4.69) is 55.1 Å². The van der Waals surface area contributed by atoms with Crippen molar-refractivity contribution >= 4 is 26.8 Å². The van der Waals surface area contributed by atoms with Crippen LogP contribution in [0.2, 0.25) is 0 Å². The minimum absolute atomic E-state index is 0.912. The van der Waals surface area contributed by atoms with E-state index in [0.717, 1.165) is 31.6 Å². The van der Waals surface area contributed by atoms with Crippen molar-refractivity contribution in [3.8, 4) is 0 Å². The van der Waals surface area contributed by atoms with Gasteiger partial charge >= 0.3 is 0 Å². The molecule has 0 radical (unpaired) electrons. The Balaban J connectivity index is 1.56. The Kier molecular flexibility index (Phi) is 3.64. The molecule has 0 unspecified atom stereocenters. The summed E-state index contributed by atoms with van der Waals surface area (Å²) in [6.07, 6.45) is 4.78. The summed E-state index contributed by atoms with van der Waals surface area (Å²) in [4.78, 5) is 11.4. The maximum absolute atomic E-state index is 4.54. The zero-order chi connectivity index (χ0) is 14.9. The second-order valence-corrected chi connectivity index (χ2v) is 6.56. The predicted octanol–water partition coefficient (Wildman–Crippen LogP) is 3.95. The van der Waals surface area contributed by atoms with Gasteiger partial charge in [0.05, 0.1) is 11.2 Å². The van der Waals surface area contributed by atoms with Crippen molar-refractivity contribution < 1.29 is 0 Å². The number of halogens is 1. The molecule has 110 valence electrons. The Labute approximate surface area is 138 Å². The average molecular weight is 354 g/mol. The molecular formula is C18H16BrN3. The first-order valence-electron chi connectivity index (χ1n) is 7.48. The molecule has 4 heteroatoms. The topological polar surface area (TPSA) is 29.0 Å². The van der Waals surface area contributed by atoms with Crippen LogP contribution in [0.25, 0.3) is 10.9 Å². The standard InChI is InChI=1S/C18H16BrN3/c19-16-5-8-21-18-12-22(9-6-15(16)18)11-13-3-4-14-2-1-7-20-17(14)10-13/h1-5,7-8,10H,6,9,11-12H2. The van der Waals surface area contributed by atoms with Gasteiger partial charge in [-0.1, -0.05) is 34.1 Å². The fourth-order valence-corrected chi connectivity index (χ4v) is 3.62. The molecule has 22 heavy (non-hydrogen) atoms. The second kappa shape index (κ2) is 5.78. The molecule has 0 saturated carbocycles. The average Bonchev–Trinajstić information content (AvgIpc) is 2.55. The van der Waals surface area contributed by atoms with E-state index in [9.17, 15) is 0 Å². The molecule has 1 aliphatic heterocycles. The van der Waals surface area contributed by atoms with Gasteiger partial charge in [0.15, 0.2) is 0 Å². The minimum atomic E-state index is 0.912. The van der Waals surface area contributed by atoms with Gasteiger partial charge in [-0.2, -0.15) is 0 Å². The Hall–Kier alpha value is -1.78. The van der Waals surface area contributed by atoms with Gasteiger partial charge in [-0.05, 0) is 35.7 Å². The number of aromatic nitrogens is 2. The van der Waals surface area contributed by atoms with E-state index in [1.54, 1.807) is 0 Å². The van der Waals surface area contributed by atoms with E-state index in [4.69, 9.17) is 0 Å². The first-order chi connectivity index (χ1) is 10.8. The number of rotatable bonds is 2. The van der Waals surface area contributed by atoms with Gasteiger partial charge in [0.2, 0.25) is 0 Å². The van der Waals surface area contributed by atoms with Gasteiger partial charge in [0, 0.05) is 41.9 Å². The van der Waals surface area contributed by atoms with Crippen LogP contribution in [0, 0.1) is 0 Å². The normalized spacial score (nSPS) is 15.0. The summed E-state index contributed by atoms with van der Waals surface area (Å²) < 4.78 is 1.19. The van der Waals surface area contributed by atoms with Gasteiger partial charge in [0.25, 0.3) is 0 Å². The van der Waals surface area contributed by atoms with Crippen LogP contribution in [0.1, 0.15) is 16.8 Å². The monoisotopic (exact) mass is 353 g/mol. The molecule has 0 fully saturated rings. The number of nitrogens with zero attached hydrogens (tertiary/aromatic N) is 3. The lowest BCUT2D eigenvalue weighted by Gasteiger charge is -2.28. The molecule has 0 spiro atoms. The molecule has 0 N–H and O–H groups in total. The lowest BCUT2D eigenvalue weighted by molar-refractivity contribution is 0.241. The highest BCUT2D eigenvalue weighted by atomic mass is 79.9. The zero-order valence-corrected chi connectivity index (χ0v) is 13.8. The van der Waals surface area contributed by atoms with Crippen molar-refractivity contribution in [2.45, 2.75) is 19.5 Å². The summed E-state index contributed by atoms with van der Waals surface area (Å²) >= 11 is 3.63. The summed E-state index contributed by atoms with van der Waals surface area (Å²) in [6.45, 7) is 2.92. The maximum atomic E-state index is 4.54. The van der Waals surface area contributed by atoms with Gasteiger partial charge < -0.3 is 0 Å². The highest BCUT2D eigenvalue weighted by Crippen LogP contribution is 2.25. The second-order valence-electron chi connectivity index (χ2n) is 5.71. The number of fused-ring (bicyclic) bond motifs is 2. The predicted molar refractivity (Wildman–Crippen MR) is 91.5 cm³/mol. The number of hydrogen-bond donors (Lipinski definition) is 0. The molecule has 0 amide bonds. The molecule has 3 nitrogen and oxygen atoms in total. The Morgan fingerprint density at radius 2 is 2.05 bits per heavy atom. The lowest BCUT2D eigenvalue weighted by Crippen LogP contribution is -2.30. The summed E-state index contributed by atoms with van der Waals surface area (Å²) in [6, 6.07) is 12.7. The third-order valence-electron chi connectivity index (χ3n) is 4.22. The van der Waals surface area contributed by atoms with Crippen molar-refractivity contribution in [1.29, 1.82) is 0 Å². The molecule has 1 aliphatic rings. The minimum Gasteiger partial charge on any atom is -0.293 e. The van der Waals surface area contributed by atoms with Crippen molar-refractivity contribution in [3.05, 3.63) is 70.1 Å². The summed E-state index contributed by atoms with van der Waals surface area (Å²) in [5, 5.41) is 1.20. The largest absolute Gasteiger partial charge is 0.293 e. The molecule has 0 saturated heterocycles. The van der Waals surface area contributed by atoms with E-state index < -0.39 is 0 Å². The Bertz CT molecular complexity index is 831. The summed E-state index contributed by atoms with van der Waals surface area (Å²) in [5.41, 5.74) is 4.93. The van der Waals surface area contributed by atoms with Crippen LogP contribution in [0.15, 0.2) is 53.3 Å². The third kappa shape index (κ3) is 2.64. The number of hydrogen-bond acceptors (Lipinski definition) is 3. The first-order valence-corrected chi connectivity index (χ1v) is 8.27. The van der Waals surface area contributed by atoms with Crippen LogP contribution < -0.4 is 0 Å². The lowest BCUT2D eigenvalue weighted by atomic mass is 10.0. The van der Waals surface area contributed by atoms with Gasteiger partial charge in [0.1, 0.15) is 0 Å². The van der Waals surface area contributed by atoms with Gasteiger partial charge in [-0.15, -0.1) is 0 Å². The highest BCUT2D eigenvalue weighted by Gasteiger charge is 2.19. The summed E-state index contributed by atoms with van der Waals surface area (Å²) in [5.74, 6) is 0. The van der Waals surface area contributed by atoms with Crippen molar-refractivity contribution in [2.24, 2.45) is 0 Å². The van der Waals surface area contributed by atoms with Crippen LogP contribution in [-0.4, -0.2) is 21.4 Å². The molecule has 3 aromatic rings. The third-order valence-corrected chi connectivity index (χ3v) is 4.96.